The largest absolute Gasteiger partial charge is 0.449 e. The van der Waals surface area contributed by atoms with Gasteiger partial charge in [0.25, 0.3) is 0 Å². The number of rotatable bonds is 5. The minimum Gasteiger partial charge on any atom is -0.449 e. The fourth-order valence-corrected chi connectivity index (χ4v) is 1.41. The van der Waals surface area contributed by atoms with Crippen LogP contribution in [-0.2, 0) is 9.57 Å². The Labute approximate surface area is 89.8 Å². The van der Waals surface area contributed by atoms with Crippen molar-refractivity contribution in [1.82, 2.24) is 4.90 Å². The van der Waals surface area contributed by atoms with Crippen LogP contribution in [0.1, 0.15) is 19.8 Å². The van der Waals surface area contributed by atoms with Crippen molar-refractivity contribution >= 4 is 6.09 Å². The molecule has 1 rings (SSSR count). The maximum Gasteiger partial charge on any atom is 0.410 e. The van der Waals surface area contributed by atoms with Gasteiger partial charge < -0.3 is 9.57 Å². The third-order valence-corrected chi connectivity index (χ3v) is 2.29. The fraction of sp³-hybridized carbons (Fsp3) is 0.700. The molecule has 0 aromatic rings. The summed E-state index contributed by atoms with van der Waals surface area (Å²) in [6.45, 7) is 3.40. The molecule has 1 heterocycles. The van der Waals surface area contributed by atoms with Gasteiger partial charge in [0, 0.05) is 6.54 Å². The Bertz CT molecular complexity index is 231. The summed E-state index contributed by atoms with van der Waals surface area (Å²) in [5.74, 6) is 4.98. The average molecular weight is 214 g/mol. The van der Waals surface area contributed by atoms with Gasteiger partial charge in [-0.3, -0.25) is 4.90 Å². The third kappa shape index (κ3) is 3.53. The van der Waals surface area contributed by atoms with Crippen molar-refractivity contribution in [2.24, 2.45) is 5.90 Å². The minimum atomic E-state index is -0.296. The molecule has 5 nitrogen and oxygen atoms in total. The molecule has 2 N–H and O–H groups in total. The van der Waals surface area contributed by atoms with Gasteiger partial charge in [0.05, 0.1) is 19.3 Å². The molecular formula is C10H18N2O3. The predicted molar refractivity (Wildman–Crippen MR) is 56.0 cm³/mol. The zero-order valence-corrected chi connectivity index (χ0v) is 9.02. The summed E-state index contributed by atoms with van der Waals surface area (Å²) in [6.07, 6.45) is 5.42. The highest BCUT2D eigenvalue weighted by Gasteiger charge is 2.25. The van der Waals surface area contributed by atoms with Crippen LogP contribution in [0.5, 0.6) is 0 Å². The van der Waals surface area contributed by atoms with Crippen molar-refractivity contribution in [3.63, 3.8) is 0 Å². The summed E-state index contributed by atoms with van der Waals surface area (Å²) in [6, 6.07) is -0.0934. The van der Waals surface area contributed by atoms with Crippen molar-refractivity contribution in [1.29, 1.82) is 0 Å². The molecule has 86 valence electrons. The van der Waals surface area contributed by atoms with E-state index in [-0.39, 0.29) is 12.1 Å². The fourth-order valence-electron chi connectivity index (χ4n) is 1.41. The Kier molecular flexibility index (Phi) is 5.14. The molecule has 0 aromatic heterocycles. The van der Waals surface area contributed by atoms with E-state index in [0.29, 0.717) is 19.8 Å². The van der Waals surface area contributed by atoms with E-state index in [1.54, 1.807) is 4.90 Å². The molecule has 1 atom stereocenters. The van der Waals surface area contributed by atoms with Crippen molar-refractivity contribution in [3.8, 4) is 0 Å². The van der Waals surface area contributed by atoms with Crippen LogP contribution in [0.25, 0.3) is 0 Å². The minimum absolute atomic E-state index is 0.0934. The molecule has 1 aliphatic rings. The molecule has 0 saturated heterocycles. The molecule has 0 saturated carbocycles. The van der Waals surface area contributed by atoms with Crippen molar-refractivity contribution < 1.29 is 14.4 Å². The van der Waals surface area contributed by atoms with E-state index in [1.165, 1.54) is 0 Å². The maximum absolute atomic E-state index is 11.6. The molecule has 0 aromatic carbocycles. The molecule has 5 heteroatoms. The van der Waals surface area contributed by atoms with Crippen LogP contribution in [0.3, 0.4) is 0 Å². The number of carbonyl (C=O) groups is 1. The van der Waals surface area contributed by atoms with Gasteiger partial charge in [0.15, 0.2) is 0 Å². The first kappa shape index (κ1) is 12.0. The van der Waals surface area contributed by atoms with Gasteiger partial charge in [-0.25, -0.2) is 10.7 Å². The normalized spacial score (nSPS) is 19.6. The van der Waals surface area contributed by atoms with Gasteiger partial charge in [0.2, 0.25) is 0 Å². The second-order valence-electron chi connectivity index (χ2n) is 3.45. The number of hydrogen-bond donors (Lipinski definition) is 1. The first-order chi connectivity index (χ1) is 7.29. The van der Waals surface area contributed by atoms with E-state index in [9.17, 15) is 4.79 Å². The van der Waals surface area contributed by atoms with Gasteiger partial charge in [0.1, 0.15) is 0 Å². The summed E-state index contributed by atoms with van der Waals surface area (Å²) in [4.78, 5) is 17.7. The Balaban J connectivity index is 2.32. The van der Waals surface area contributed by atoms with E-state index in [4.69, 9.17) is 10.6 Å². The first-order valence-corrected chi connectivity index (χ1v) is 5.21. The lowest BCUT2D eigenvalue weighted by atomic mass is 10.3. The standard InChI is InChI=1S/C10H18N2O3/c1-2-3-7-14-10(13)12-6-4-5-9(12)8-15-11/h4-5,9H,2-3,6-8,11H2,1H3. The Hall–Kier alpha value is -1.07. The van der Waals surface area contributed by atoms with E-state index in [1.807, 2.05) is 12.2 Å². The molecule has 0 spiro atoms. The lowest BCUT2D eigenvalue weighted by molar-refractivity contribution is 0.0646. The molecule has 1 aliphatic heterocycles. The van der Waals surface area contributed by atoms with Gasteiger partial charge in [-0.15, -0.1) is 0 Å². The highest BCUT2D eigenvalue weighted by Crippen LogP contribution is 2.11. The Morgan fingerprint density at radius 1 is 1.67 bits per heavy atom. The quantitative estimate of drug-likeness (QED) is 0.422. The first-order valence-electron chi connectivity index (χ1n) is 5.21. The van der Waals surface area contributed by atoms with Gasteiger partial charge >= 0.3 is 6.09 Å². The van der Waals surface area contributed by atoms with Crippen LogP contribution < -0.4 is 5.90 Å². The van der Waals surface area contributed by atoms with Crippen LogP contribution in [0.2, 0.25) is 0 Å². The van der Waals surface area contributed by atoms with Crippen LogP contribution in [0.15, 0.2) is 12.2 Å². The average Bonchev–Trinajstić information content (AvgIpc) is 2.67. The van der Waals surface area contributed by atoms with Crippen molar-refractivity contribution in [2.45, 2.75) is 25.8 Å². The molecule has 0 fully saturated rings. The molecule has 0 bridgehead atoms. The van der Waals surface area contributed by atoms with E-state index < -0.39 is 0 Å². The zero-order chi connectivity index (χ0) is 11.1. The zero-order valence-electron chi connectivity index (χ0n) is 9.02. The number of amides is 1. The number of nitrogens with two attached hydrogens (primary N) is 1. The smallest absolute Gasteiger partial charge is 0.410 e. The van der Waals surface area contributed by atoms with E-state index >= 15 is 0 Å². The predicted octanol–water partition coefficient (Wildman–Crippen LogP) is 1.05. The summed E-state index contributed by atoms with van der Waals surface area (Å²) in [5, 5.41) is 0. The summed E-state index contributed by atoms with van der Waals surface area (Å²) >= 11 is 0. The SMILES string of the molecule is CCCCOC(=O)N1CC=CC1CON. The summed E-state index contributed by atoms with van der Waals surface area (Å²) in [7, 11) is 0. The maximum atomic E-state index is 11.6. The number of hydrogen-bond acceptors (Lipinski definition) is 4. The monoisotopic (exact) mass is 214 g/mol. The highest BCUT2D eigenvalue weighted by atomic mass is 16.6. The van der Waals surface area contributed by atoms with Crippen molar-refractivity contribution in [3.05, 3.63) is 12.2 Å². The van der Waals surface area contributed by atoms with Crippen LogP contribution in [0.4, 0.5) is 4.79 Å². The third-order valence-electron chi connectivity index (χ3n) is 2.29. The topological polar surface area (TPSA) is 64.8 Å². The van der Waals surface area contributed by atoms with Crippen LogP contribution in [0, 0.1) is 0 Å². The lowest BCUT2D eigenvalue weighted by Crippen LogP contribution is -2.39. The van der Waals surface area contributed by atoms with Crippen LogP contribution >= 0.6 is 0 Å². The molecule has 1 amide bonds. The summed E-state index contributed by atoms with van der Waals surface area (Å²) < 4.78 is 5.09. The number of ether oxygens (including phenoxy) is 1. The molecule has 0 radical (unpaired) electrons. The lowest BCUT2D eigenvalue weighted by Gasteiger charge is -2.22. The number of unbranched alkanes of at least 4 members (excludes halogenated alkanes) is 1. The molecular weight excluding hydrogens is 196 g/mol. The molecule has 0 aliphatic carbocycles. The second-order valence-corrected chi connectivity index (χ2v) is 3.45. The van der Waals surface area contributed by atoms with Gasteiger partial charge in [-0.2, -0.15) is 0 Å². The van der Waals surface area contributed by atoms with E-state index in [0.717, 1.165) is 12.8 Å². The Morgan fingerprint density at radius 2 is 2.47 bits per heavy atom. The Morgan fingerprint density at radius 3 is 3.13 bits per heavy atom. The highest BCUT2D eigenvalue weighted by molar-refractivity contribution is 5.69. The molecule has 1 unspecified atom stereocenters. The van der Waals surface area contributed by atoms with E-state index in [2.05, 4.69) is 11.8 Å². The van der Waals surface area contributed by atoms with Gasteiger partial charge in [-0.05, 0) is 6.42 Å². The van der Waals surface area contributed by atoms with Crippen molar-refractivity contribution in [2.75, 3.05) is 19.8 Å². The van der Waals surface area contributed by atoms with Gasteiger partial charge in [-0.1, -0.05) is 25.5 Å². The van der Waals surface area contributed by atoms with Crippen LogP contribution in [-0.4, -0.2) is 36.8 Å². The summed E-state index contributed by atoms with van der Waals surface area (Å²) in [5.41, 5.74) is 0. The number of carbonyl (C=O) groups excluding carboxylic acids is 1. The second kappa shape index (κ2) is 6.42. The number of nitrogens with zero attached hydrogens (tertiary/aromatic N) is 1. The molecule has 15 heavy (non-hydrogen) atoms.